The summed E-state index contributed by atoms with van der Waals surface area (Å²) in [6.07, 6.45) is 8.90. The summed E-state index contributed by atoms with van der Waals surface area (Å²) in [5, 5.41) is 0.877. The van der Waals surface area contributed by atoms with Crippen molar-refractivity contribution in [3.05, 3.63) is 103 Å². The molecule has 1 aromatic carbocycles. The van der Waals surface area contributed by atoms with Gasteiger partial charge in [0.25, 0.3) is 0 Å². The van der Waals surface area contributed by atoms with Gasteiger partial charge in [-0.3, -0.25) is 4.90 Å². The third-order valence-electron chi connectivity index (χ3n) is 5.26. The number of rotatable bonds is 9. The number of aromatic nitrogens is 6. The van der Waals surface area contributed by atoms with Crippen molar-refractivity contribution >= 4 is 11.3 Å². The summed E-state index contributed by atoms with van der Waals surface area (Å²) in [6.45, 7) is 1.72. The van der Waals surface area contributed by atoms with E-state index in [9.17, 15) is 0 Å². The fourth-order valence-electron chi connectivity index (χ4n) is 3.59. The normalized spacial score (nSPS) is 11.0. The number of thiazole rings is 1. The van der Waals surface area contributed by atoms with E-state index in [1.165, 1.54) is 0 Å². The topological polar surface area (TPSA) is 89.8 Å². The zero-order valence-corrected chi connectivity index (χ0v) is 20.0. The quantitative estimate of drug-likeness (QED) is 0.300. The fraction of sp³-hybridized carbons (Fsp3) is 0.154. The number of hydrogen-bond acceptors (Lipinski definition) is 9. The van der Waals surface area contributed by atoms with Gasteiger partial charge in [-0.1, -0.05) is 6.07 Å². The van der Waals surface area contributed by atoms with Gasteiger partial charge in [0.1, 0.15) is 22.4 Å². The fourth-order valence-corrected chi connectivity index (χ4v) is 4.48. The lowest BCUT2D eigenvalue weighted by molar-refractivity contribution is 0.232. The van der Waals surface area contributed by atoms with Gasteiger partial charge < -0.3 is 4.74 Å². The molecule has 8 nitrogen and oxygen atoms in total. The predicted molar refractivity (Wildman–Crippen MR) is 134 cm³/mol. The molecular weight excluding hydrogens is 458 g/mol. The molecule has 174 valence electrons. The van der Waals surface area contributed by atoms with E-state index in [4.69, 9.17) is 9.72 Å². The summed E-state index contributed by atoms with van der Waals surface area (Å²) < 4.78 is 5.26. The number of benzene rings is 1. The number of hydrogen-bond donors (Lipinski definition) is 0. The molecule has 4 heterocycles. The Morgan fingerprint density at radius 3 is 2.03 bits per heavy atom. The average molecular weight is 482 g/mol. The molecule has 9 heteroatoms. The van der Waals surface area contributed by atoms with Crippen LogP contribution in [0.4, 0.5) is 0 Å². The third-order valence-corrected chi connectivity index (χ3v) is 6.33. The maximum absolute atomic E-state index is 5.26. The standard InChI is InChI=1S/C26H23N7OS/c1-34-21-9-7-19(8-10-21)23-15-31-26(35-23)22-6-2-5-20(32-22)16-33(17-24-27-11-3-12-28-24)18-25-29-13-4-14-30-25/h2-15H,16-18H2,1H3. The number of ether oxygens (including phenoxy) is 1. The smallest absolute Gasteiger partial charge is 0.142 e. The van der Waals surface area contributed by atoms with Gasteiger partial charge in [-0.15, -0.1) is 11.3 Å². The molecule has 0 aliphatic carbocycles. The van der Waals surface area contributed by atoms with Crippen molar-refractivity contribution in [2.75, 3.05) is 7.11 Å². The second-order valence-corrected chi connectivity index (χ2v) is 8.78. The van der Waals surface area contributed by atoms with Crippen LogP contribution < -0.4 is 4.74 Å². The van der Waals surface area contributed by atoms with Gasteiger partial charge in [0.2, 0.25) is 0 Å². The van der Waals surface area contributed by atoms with Crippen molar-refractivity contribution in [1.82, 2.24) is 34.8 Å². The van der Waals surface area contributed by atoms with Crippen LogP contribution in [0.1, 0.15) is 17.3 Å². The second-order valence-electron chi connectivity index (χ2n) is 7.75. The molecule has 0 atom stereocenters. The second kappa shape index (κ2) is 10.9. The molecular formula is C26H23N7OS. The van der Waals surface area contributed by atoms with Crippen LogP contribution in [0.3, 0.4) is 0 Å². The Hall–Kier alpha value is -4.08. The van der Waals surface area contributed by atoms with Gasteiger partial charge in [-0.2, -0.15) is 0 Å². The predicted octanol–water partition coefficient (Wildman–Crippen LogP) is 4.66. The van der Waals surface area contributed by atoms with Gasteiger partial charge in [0.15, 0.2) is 0 Å². The monoisotopic (exact) mass is 481 g/mol. The van der Waals surface area contributed by atoms with Gasteiger partial charge in [-0.25, -0.2) is 29.9 Å². The largest absolute Gasteiger partial charge is 0.497 e. The van der Waals surface area contributed by atoms with E-state index in [0.29, 0.717) is 19.6 Å². The zero-order chi connectivity index (χ0) is 23.9. The number of pyridine rings is 1. The molecule has 5 rings (SSSR count). The first-order valence-corrected chi connectivity index (χ1v) is 11.9. The molecule has 0 unspecified atom stereocenters. The minimum absolute atomic E-state index is 0.559. The summed E-state index contributed by atoms with van der Waals surface area (Å²) in [5.74, 6) is 2.31. The molecule has 0 saturated carbocycles. The lowest BCUT2D eigenvalue weighted by Crippen LogP contribution is -2.25. The van der Waals surface area contributed by atoms with Gasteiger partial charge in [0, 0.05) is 37.5 Å². The summed E-state index contributed by atoms with van der Waals surface area (Å²) >= 11 is 1.62. The highest BCUT2D eigenvalue weighted by Gasteiger charge is 2.14. The lowest BCUT2D eigenvalue weighted by atomic mass is 10.2. The van der Waals surface area contributed by atoms with E-state index in [1.54, 1.807) is 43.2 Å². The minimum Gasteiger partial charge on any atom is -0.497 e. The van der Waals surface area contributed by atoms with Crippen molar-refractivity contribution in [3.63, 3.8) is 0 Å². The van der Waals surface area contributed by atoms with Crippen molar-refractivity contribution in [1.29, 1.82) is 0 Å². The Bertz CT molecular complexity index is 1320. The molecule has 0 radical (unpaired) electrons. The van der Waals surface area contributed by atoms with E-state index < -0.39 is 0 Å². The summed E-state index contributed by atoms with van der Waals surface area (Å²) in [6, 6.07) is 17.6. The van der Waals surface area contributed by atoms with Crippen LogP contribution in [-0.4, -0.2) is 41.9 Å². The highest BCUT2D eigenvalue weighted by atomic mass is 32.1. The average Bonchev–Trinajstić information content (AvgIpc) is 3.41. The van der Waals surface area contributed by atoms with Crippen LogP contribution in [0.25, 0.3) is 21.1 Å². The van der Waals surface area contributed by atoms with Crippen LogP contribution in [0.2, 0.25) is 0 Å². The van der Waals surface area contributed by atoms with E-state index in [1.807, 2.05) is 60.8 Å². The Balaban J connectivity index is 1.36. The molecule has 4 aromatic heterocycles. The molecule has 0 amide bonds. The first-order chi connectivity index (χ1) is 17.3. The molecule has 0 saturated heterocycles. The molecule has 0 fully saturated rings. The Labute approximate surface area is 207 Å². The maximum Gasteiger partial charge on any atom is 0.142 e. The zero-order valence-electron chi connectivity index (χ0n) is 19.2. The molecule has 0 bridgehead atoms. The van der Waals surface area contributed by atoms with Crippen LogP contribution in [-0.2, 0) is 19.6 Å². The van der Waals surface area contributed by atoms with Crippen LogP contribution in [0.5, 0.6) is 5.75 Å². The van der Waals surface area contributed by atoms with Crippen LogP contribution in [0, 0.1) is 0 Å². The van der Waals surface area contributed by atoms with Crippen molar-refractivity contribution in [3.8, 4) is 26.9 Å². The van der Waals surface area contributed by atoms with Crippen molar-refractivity contribution in [2.45, 2.75) is 19.6 Å². The number of nitrogens with zero attached hydrogens (tertiary/aromatic N) is 7. The highest BCUT2D eigenvalue weighted by Crippen LogP contribution is 2.32. The molecule has 0 aliphatic heterocycles. The number of methoxy groups -OCH3 is 1. The van der Waals surface area contributed by atoms with Crippen molar-refractivity contribution in [2.24, 2.45) is 0 Å². The SMILES string of the molecule is COc1ccc(-c2cnc(-c3cccc(CN(Cc4ncccn4)Cc4ncccn4)n3)s2)cc1. The lowest BCUT2D eigenvalue weighted by Gasteiger charge is -2.20. The highest BCUT2D eigenvalue weighted by molar-refractivity contribution is 7.18. The maximum atomic E-state index is 5.26. The first kappa shape index (κ1) is 22.7. The molecule has 35 heavy (non-hydrogen) atoms. The third kappa shape index (κ3) is 5.89. The minimum atomic E-state index is 0.559. The van der Waals surface area contributed by atoms with E-state index in [-0.39, 0.29) is 0 Å². The summed E-state index contributed by atoms with van der Waals surface area (Å²) in [5.41, 5.74) is 2.87. The molecule has 0 spiro atoms. The summed E-state index contributed by atoms with van der Waals surface area (Å²) in [7, 11) is 1.67. The van der Waals surface area contributed by atoms with Crippen LogP contribution >= 0.6 is 11.3 Å². The van der Waals surface area contributed by atoms with Crippen molar-refractivity contribution < 1.29 is 4.74 Å². The van der Waals surface area contributed by atoms with Gasteiger partial charge in [-0.05, 0) is 54.1 Å². The van der Waals surface area contributed by atoms with E-state index >= 15 is 0 Å². The van der Waals surface area contributed by atoms with Gasteiger partial charge in [0.05, 0.1) is 36.5 Å². The Morgan fingerprint density at radius 2 is 1.40 bits per heavy atom. The summed E-state index contributed by atoms with van der Waals surface area (Å²) in [4.78, 5) is 30.3. The van der Waals surface area contributed by atoms with E-state index in [0.717, 1.165) is 44.2 Å². The molecule has 0 N–H and O–H groups in total. The molecule has 0 aliphatic rings. The Morgan fingerprint density at radius 1 is 0.743 bits per heavy atom. The van der Waals surface area contributed by atoms with Gasteiger partial charge >= 0.3 is 0 Å². The van der Waals surface area contributed by atoms with Crippen LogP contribution in [0.15, 0.2) is 85.6 Å². The first-order valence-electron chi connectivity index (χ1n) is 11.1. The van der Waals surface area contributed by atoms with E-state index in [2.05, 4.69) is 29.8 Å². The molecule has 5 aromatic rings. The Kier molecular flexibility index (Phi) is 7.07.